The number of aldehydes is 1. The molecule has 68 valence electrons. The van der Waals surface area contributed by atoms with E-state index in [4.69, 9.17) is 4.74 Å². The largest absolute Gasteiger partial charge is 0.482 e. The van der Waals surface area contributed by atoms with E-state index in [9.17, 15) is 4.79 Å². The molecule has 0 radical (unpaired) electrons. The van der Waals surface area contributed by atoms with Crippen molar-refractivity contribution < 1.29 is 9.53 Å². The second kappa shape index (κ2) is 3.21. The van der Waals surface area contributed by atoms with E-state index < -0.39 is 0 Å². The molecule has 1 aromatic rings. The Morgan fingerprint density at radius 3 is 3.15 bits per heavy atom. The van der Waals surface area contributed by atoms with Gasteiger partial charge in [-0.2, -0.15) is 0 Å². The molecular formula is C11H12O2. The third-order valence-electron chi connectivity index (χ3n) is 2.41. The van der Waals surface area contributed by atoms with Crippen molar-refractivity contribution in [3.63, 3.8) is 0 Å². The Hall–Kier alpha value is -1.31. The van der Waals surface area contributed by atoms with E-state index >= 15 is 0 Å². The van der Waals surface area contributed by atoms with Gasteiger partial charge in [-0.15, -0.1) is 0 Å². The quantitative estimate of drug-likeness (QED) is 0.611. The van der Waals surface area contributed by atoms with Crippen LogP contribution < -0.4 is 4.74 Å². The zero-order valence-electron chi connectivity index (χ0n) is 7.62. The van der Waals surface area contributed by atoms with Crippen LogP contribution in [0.5, 0.6) is 5.75 Å². The first-order valence-corrected chi connectivity index (χ1v) is 4.51. The van der Waals surface area contributed by atoms with Gasteiger partial charge in [0.1, 0.15) is 5.75 Å². The van der Waals surface area contributed by atoms with Crippen LogP contribution in [0.4, 0.5) is 0 Å². The van der Waals surface area contributed by atoms with Crippen molar-refractivity contribution >= 4 is 6.29 Å². The van der Waals surface area contributed by atoms with Crippen LogP contribution in [-0.2, 0) is 11.2 Å². The Bertz CT molecular complexity index is 331. The molecule has 1 aromatic carbocycles. The molecule has 0 bridgehead atoms. The maximum atomic E-state index is 10.6. The zero-order chi connectivity index (χ0) is 9.26. The van der Waals surface area contributed by atoms with Crippen LogP contribution in [0.15, 0.2) is 18.2 Å². The summed E-state index contributed by atoms with van der Waals surface area (Å²) < 4.78 is 5.54. The van der Waals surface area contributed by atoms with Crippen molar-refractivity contribution in [2.24, 2.45) is 0 Å². The number of aryl methyl sites for hydroxylation is 2. The highest BCUT2D eigenvalue weighted by Gasteiger charge is 2.19. The molecule has 1 heterocycles. The molecule has 0 saturated carbocycles. The van der Waals surface area contributed by atoms with Crippen molar-refractivity contribution in [3.05, 3.63) is 29.3 Å². The van der Waals surface area contributed by atoms with E-state index in [0.29, 0.717) is 0 Å². The number of hydrogen-bond donors (Lipinski definition) is 0. The van der Waals surface area contributed by atoms with Gasteiger partial charge >= 0.3 is 0 Å². The van der Waals surface area contributed by atoms with Gasteiger partial charge in [-0.3, -0.25) is 4.79 Å². The Kier molecular flexibility index (Phi) is 2.05. The molecule has 1 unspecified atom stereocenters. The van der Waals surface area contributed by atoms with E-state index in [1.807, 2.05) is 19.1 Å². The summed E-state index contributed by atoms with van der Waals surface area (Å²) in [7, 11) is 0. The molecule has 2 heteroatoms. The maximum absolute atomic E-state index is 10.6. The number of carbonyl (C=O) groups excluding carboxylic acids is 1. The van der Waals surface area contributed by atoms with Crippen molar-refractivity contribution in [3.8, 4) is 5.75 Å². The van der Waals surface area contributed by atoms with Gasteiger partial charge in [0.15, 0.2) is 12.4 Å². The first kappa shape index (κ1) is 8.30. The minimum absolute atomic E-state index is 0.242. The summed E-state index contributed by atoms with van der Waals surface area (Å²) in [6.45, 7) is 2.01. The van der Waals surface area contributed by atoms with Crippen LogP contribution in [-0.4, -0.2) is 12.4 Å². The molecule has 1 atom stereocenters. The summed E-state index contributed by atoms with van der Waals surface area (Å²) in [5.41, 5.74) is 2.34. The molecule has 0 aliphatic carbocycles. The number of benzene rings is 1. The molecule has 0 saturated heterocycles. The summed E-state index contributed by atoms with van der Waals surface area (Å²) in [6.07, 6.45) is 2.39. The molecular weight excluding hydrogens is 164 g/mol. The lowest BCUT2D eigenvalue weighted by molar-refractivity contribution is -0.114. The van der Waals surface area contributed by atoms with Crippen molar-refractivity contribution in [2.45, 2.75) is 25.9 Å². The number of hydrogen-bond acceptors (Lipinski definition) is 2. The van der Waals surface area contributed by atoms with Crippen LogP contribution >= 0.6 is 0 Å². The SMILES string of the molecule is Cc1cccc2c1OC(C=O)CC2. The van der Waals surface area contributed by atoms with Crippen LogP contribution in [0, 0.1) is 6.92 Å². The fourth-order valence-electron chi connectivity index (χ4n) is 1.68. The number of para-hydroxylation sites is 1. The lowest BCUT2D eigenvalue weighted by atomic mass is 10.0. The van der Waals surface area contributed by atoms with Gasteiger partial charge in [0, 0.05) is 0 Å². The normalized spacial score (nSPS) is 20.2. The molecule has 0 N–H and O–H groups in total. The Balaban J connectivity index is 2.37. The van der Waals surface area contributed by atoms with E-state index in [-0.39, 0.29) is 6.10 Å². The molecule has 1 aliphatic heterocycles. The molecule has 13 heavy (non-hydrogen) atoms. The maximum Gasteiger partial charge on any atom is 0.160 e. The molecule has 2 rings (SSSR count). The molecule has 0 fully saturated rings. The third kappa shape index (κ3) is 1.44. The summed E-state index contributed by atoms with van der Waals surface area (Å²) in [6, 6.07) is 6.09. The average Bonchev–Trinajstić information content (AvgIpc) is 2.18. The summed E-state index contributed by atoms with van der Waals surface area (Å²) in [4.78, 5) is 10.6. The van der Waals surface area contributed by atoms with Gasteiger partial charge in [-0.05, 0) is 30.9 Å². The van der Waals surface area contributed by atoms with Gasteiger partial charge in [0.05, 0.1) is 0 Å². The summed E-state index contributed by atoms with van der Waals surface area (Å²) in [5.74, 6) is 0.908. The second-order valence-corrected chi connectivity index (χ2v) is 3.39. The number of ether oxygens (including phenoxy) is 1. The fraction of sp³-hybridized carbons (Fsp3) is 0.364. The second-order valence-electron chi connectivity index (χ2n) is 3.39. The van der Waals surface area contributed by atoms with Crippen LogP contribution in [0.3, 0.4) is 0 Å². The monoisotopic (exact) mass is 176 g/mol. The Morgan fingerprint density at radius 2 is 2.38 bits per heavy atom. The van der Waals surface area contributed by atoms with Gasteiger partial charge in [0.2, 0.25) is 0 Å². The highest BCUT2D eigenvalue weighted by atomic mass is 16.5. The predicted octanol–water partition coefficient (Wildman–Crippen LogP) is 1.89. The topological polar surface area (TPSA) is 26.3 Å². The Labute approximate surface area is 77.5 Å². The molecule has 0 spiro atoms. The van der Waals surface area contributed by atoms with Gasteiger partial charge in [0.25, 0.3) is 0 Å². The van der Waals surface area contributed by atoms with Crippen molar-refractivity contribution in [1.29, 1.82) is 0 Å². The molecule has 2 nitrogen and oxygen atoms in total. The van der Waals surface area contributed by atoms with Crippen LogP contribution in [0.25, 0.3) is 0 Å². The number of carbonyl (C=O) groups is 1. The summed E-state index contributed by atoms with van der Waals surface area (Å²) in [5, 5.41) is 0. The highest BCUT2D eigenvalue weighted by molar-refractivity contribution is 5.58. The lowest BCUT2D eigenvalue weighted by Crippen LogP contribution is -2.24. The first-order chi connectivity index (χ1) is 6.31. The van der Waals surface area contributed by atoms with E-state index in [2.05, 4.69) is 6.07 Å². The minimum Gasteiger partial charge on any atom is -0.482 e. The summed E-state index contributed by atoms with van der Waals surface area (Å²) >= 11 is 0. The number of rotatable bonds is 1. The fourth-order valence-corrected chi connectivity index (χ4v) is 1.68. The molecule has 0 aromatic heterocycles. The molecule has 1 aliphatic rings. The smallest absolute Gasteiger partial charge is 0.160 e. The van der Waals surface area contributed by atoms with Gasteiger partial charge < -0.3 is 4.74 Å². The number of fused-ring (bicyclic) bond motifs is 1. The zero-order valence-corrected chi connectivity index (χ0v) is 7.62. The third-order valence-corrected chi connectivity index (χ3v) is 2.41. The van der Waals surface area contributed by atoms with Gasteiger partial charge in [-0.1, -0.05) is 18.2 Å². The minimum atomic E-state index is -0.242. The van der Waals surface area contributed by atoms with Gasteiger partial charge in [-0.25, -0.2) is 0 Å². The Morgan fingerprint density at radius 1 is 1.54 bits per heavy atom. The highest BCUT2D eigenvalue weighted by Crippen LogP contribution is 2.29. The van der Waals surface area contributed by atoms with Crippen molar-refractivity contribution in [1.82, 2.24) is 0 Å². The van der Waals surface area contributed by atoms with Crippen LogP contribution in [0.2, 0.25) is 0 Å². The van der Waals surface area contributed by atoms with E-state index in [1.165, 1.54) is 5.56 Å². The first-order valence-electron chi connectivity index (χ1n) is 4.51. The van der Waals surface area contributed by atoms with Crippen molar-refractivity contribution in [2.75, 3.05) is 0 Å². The predicted molar refractivity (Wildman–Crippen MR) is 50.0 cm³/mol. The molecule has 0 amide bonds. The standard InChI is InChI=1S/C11H12O2/c1-8-3-2-4-9-5-6-10(7-12)13-11(8)9/h2-4,7,10H,5-6H2,1H3. The average molecular weight is 176 g/mol. The lowest BCUT2D eigenvalue weighted by Gasteiger charge is -2.23. The van der Waals surface area contributed by atoms with Crippen LogP contribution in [0.1, 0.15) is 17.5 Å². The van der Waals surface area contributed by atoms with E-state index in [1.54, 1.807) is 0 Å². The van der Waals surface area contributed by atoms with E-state index in [0.717, 1.165) is 30.4 Å².